The van der Waals surface area contributed by atoms with Crippen LogP contribution in [0.1, 0.15) is 53.4 Å². The summed E-state index contributed by atoms with van der Waals surface area (Å²) in [5.74, 6) is 2.07. The van der Waals surface area contributed by atoms with Gasteiger partial charge >= 0.3 is 0 Å². The summed E-state index contributed by atoms with van der Waals surface area (Å²) in [5, 5.41) is 0. The van der Waals surface area contributed by atoms with E-state index in [4.69, 9.17) is 9.47 Å². The van der Waals surface area contributed by atoms with E-state index < -0.39 is 0 Å². The lowest BCUT2D eigenvalue weighted by Crippen LogP contribution is -2.58. The maximum atomic E-state index is 5.79. The van der Waals surface area contributed by atoms with Crippen molar-refractivity contribution in [3.63, 3.8) is 0 Å². The molecule has 0 spiro atoms. The van der Waals surface area contributed by atoms with Gasteiger partial charge in [0, 0.05) is 20.8 Å². The normalized spacial score (nSPS) is 45.8. The molecule has 2 aliphatic carbocycles. The van der Waals surface area contributed by atoms with Crippen LogP contribution in [0.3, 0.4) is 0 Å². The molecule has 0 aromatic rings. The maximum Gasteiger partial charge on any atom is 0.0603 e. The molecule has 2 saturated carbocycles. The van der Waals surface area contributed by atoms with Gasteiger partial charge in [-0.2, -0.15) is 0 Å². The third-order valence-corrected chi connectivity index (χ3v) is 6.80. The Balaban J connectivity index is 2.37. The molecule has 0 bridgehead atoms. The summed E-state index contributed by atoms with van der Waals surface area (Å²) in [4.78, 5) is 0. The Hall–Kier alpha value is -0.0800. The standard InChI is InChI=1S/C17H32O2/c1-12-14-8-7-9-16(2,3)17(14,4)13(11-18-5)10-15(12)19-6/h12-15H,7-11H2,1-6H3. The first-order chi connectivity index (χ1) is 8.88. The van der Waals surface area contributed by atoms with Gasteiger partial charge in [0.05, 0.1) is 6.10 Å². The van der Waals surface area contributed by atoms with Crippen molar-refractivity contribution in [3.8, 4) is 0 Å². The molecule has 0 aromatic heterocycles. The number of methoxy groups -OCH3 is 2. The molecule has 0 N–H and O–H groups in total. The Kier molecular flexibility index (Phi) is 4.32. The third kappa shape index (κ3) is 2.25. The lowest BCUT2D eigenvalue weighted by atomic mass is 9.43. The number of hydrogen-bond acceptors (Lipinski definition) is 2. The Bertz CT molecular complexity index is 312. The van der Waals surface area contributed by atoms with Gasteiger partial charge in [-0.05, 0) is 47.8 Å². The molecule has 2 heteroatoms. The summed E-state index contributed by atoms with van der Waals surface area (Å²) >= 11 is 0. The van der Waals surface area contributed by atoms with Crippen molar-refractivity contribution in [1.82, 2.24) is 0 Å². The predicted octanol–water partition coefficient (Wildman–Crippen LogP) is 4.14. The van der Waals surface area contributed by atoms with Gasteiger partial charge in [-0.25, -0.2) is 0 Å². The lowest BCUT2D eigenvalue weighted by molar-refractivity contribution is -0.177. The van der Waals surface area contributed by atoms with Crippen molar-refractivity contribution in [3.05, 3.63) is 0 Å². The first kappa shape index (κ1) is 15.3. The molecule has 0 aliphatic heterocycles. The molecule has 0 heterocycles. The summed E-state index contributed by atoms with van der Waals surface area (Å²) in [6, 6.07) is 0. The monoisotopic (exact) mass is 268 g/mol. The summed E-state index contributed by atoms with van der Waals surface area (Å²) in [6.07, 6.45) is 5.65. The average molecular weight is 268 g/mol. The van der Waals surface area contributed by atoms with E-state index in [0.29, 0.717) is 28.8 Å². The fourth-order valence-corrected chi connectivity index (χ4v) is 5.25. The second-order valence-electron chi connectivity index (χ2n) is 7.69. The van der Waals surface area contributed by atoms with Gasteiger partial charge in [0.25, 0.3) is 0 Å². The first-order valence-electron chi connectivity index (χ1n) is 7.90. The van der Waals surface area contributed by atoms with E-state index in [-0.39, 0.29) is 0 Å². The number of rotatable bonds is 3. The molecule has 0 aromatic carbocycles. The van der Waals surface area contributed by atoms with Gasteiger partial charge < -0.3 is 9.47 Å². The summed E-state index contributed by atoms with van der Waals surface area (Å²) < 4.78 is 11.3. The minimum Gasteiger partial charge on any atom is -0.384 e. The fraction of sp³-hybridized carbons (Fsp3) is 1.00. The van der Waals surface area contributed by atoms with Crippen LogP contribution in [-0.2, 0) is 9.47 Å². The maximum absolute atomic E-state index is 5.79. The molecule has 2 fully saturated rings. The summed E-state index contributed by atoms with van der Waals surface area (Å²) in [6.45, 7) is 10.8. The summed E-state index contributed by atoms with van der Waals surface area (Å²) in [7, 11) is 3.72. The van der Waals surface area contributed by atoms with Crippen molar-refractivity contribution < 1.29 is 9.47 Å². The highest BCUT2D eigenvalue weighted by Crippen LogP contribution is 2.63. The minimum atomic E-state index is 0.385. The third-order valence-electron chi connectivity index (χ3n) is 6.80. The largest absolute Gasteiger partial charge is 0.384 e. The lowest BCUT2D eigenvalue weighted by Gasteiger charge is -2.62. The Morgan fingerprint density at radius 1 is 1.16 bits per heavy atom. The highest BCUT2D eigenvalue weighted by Gasteiger charge is 2.58. The molecule has 5 unspecified atom stereocenters. The van der Waals surface area contributed by atoms with E-state index in [9.17, 15) is 0 Å². The highest BCUT2D eigenvalue weighted by atomic mass is 16.5. The highest BCUT2D eigenvalue weighted by molar-refractivity contribution is 5.07. The van der Waals surface area contributed by atoms with Crippen molar-refractivity contribution in [1.29, 1.82) is 0 Å². The molecule has 0 radical (unpaired) electrons. The van der Waals surface area contributed by atoms with Crippen LogP contribution in [-0.4, -0.2) is 26.9 Å². The van der Waals surface area contributed by atoms with Crippen molar-refractivity contribution in [2.75, 3.05) is 20.8 Å². The Morgan fingerprint density at radius 2 is 1.84 bits per heavy atom. The zero-order chi connectivity index (χ0) is 14.3. The van der Waals surface area contributed by atoms with Gasteiger partial charge in [-0.1, -0.05) is 34.1 Å². The van der Waals surface area contributed by atoms with E-state index >= 15 is 0 Å². The van der Waals surface area contributed by atoms with Crippen LogP contribution in [0.4, 0.5) is 0 Å². The molecule has 112 valence electrons. The van der Waals surface area contributed by atoms with Gasteiger partial charge in [0.1, 0.15) is 0 Å². The van der Waals surface area contributed by atoms with E-state index in [2.05, 4.69) is 27.7 Å². The van der Waals surface area contributed by atoms with E-state index in [0.717, 1.165) is 18.9 Å². The number of hydrogen-bond donors (Lipinski definition) is 0. The smallest absolute Gasteiger partial charge is 0.0603 e. The van der Waals surface area contributed by atoms with Crippen LogP contribution < -0.4 is 0 Å². The van der Waals surface area contributed by atoms with E-state index in [1.54, 1.807) is 0 Å². The molecule has 19 heavy (non-hydrogen) atoms. The second-order valence-corrected chi connectivity index (χ2v) is 7.69. The van der Waals surface area contributed by atoms with Crippen LogP contribution in [0, 0.1) is 28.6 Å². The zero-order valence-electron chi connectivity index (χ0n) is 13.7. The molecule has 2 rings (SSSR count). The van der Waals surface area contributed by atoms with E-state index in [1.165, 1.54) is 19.3 Å². The summed E-state index contributed by atoms with van der Waals surface area (Å²) in [5.41, 5.74) is 0.793. The molecule has 0 amide bonds. The van der Waals surface area contributed by atoms with Crippen LogP contribution >= 0.6 is 0 Å². The fourth-order valence-electron chi connectivity index (χ4n) is 5.25. The first-order valence-corrected chi connectivity index (χ1v) is 7.90. The predicted molar refractivity (Wildman–Crippen MR) is 79.2 cm³/mol. The van der Waals surface area contributed by atoms with Crippen LogP contribution in [0.15, 0.2) is 0 Å². The molecule has 0 saturated heterocycles. The molecule has 2 nitrogen and oxygen atoms in total. The number of ether oxygens (including phenoxy) is 2. The van der Waals surface area contributed by atoms with Gasteiger partial charge in [0.2, 0.25) is 0 Å². The van der Waals surface area contributed by atoms with Crippen LogP contribution in [0.5, 0.6) is 0 Å². The Labute approximate surface area is 119 Å². The van der Waals surface area contributed by atoms with Crippen molar-refractivity contribution >= 4 is 0 Å². The molecule has 5 atom stereocenters. The second kappa shape index (κ2) is 5.37. The number of fused-ring (bicyclic) bond motifs is 1. The van der Waals surface area contributed by atoms with Gasteiger partial charge in [0.15, 0.2) is 0 Å². The van der Waals surface area contributed by atoms with Gasteiger partial charge in [-0.15, -0.1) is 0 Å². The quantitative estimate of drug-likeness (QED) is 0.766. The van der Waals surface area contributed by atoms with Gasteiger partial charge in [-0.3, -0.25) is 0 Å². The topological polar surface area (TPSA) is 18.5 Å². The SMILES string of the molecule is COCC1CC(OC)C(C)C2CCCC(C)(C)C12C. The van der Waals surface area contributed by atoms with Crippen molar-refractivity contribution in [2.45, 2.75) is 59.5 Å². The minimum absolute atomic E-state index is 0.385. The van der Waals surface area contributed by atoms with Crippen LogP contribution in [0.25, 0.3) is 0 Å². The molecular weight excluding hydrogens is 236 g/mol. The van der Waals surface area contributed by atoms with Crippen LogP contribution in [0.2, 0.25) is 0 Å². The Morgan fingerprint density at radius 3 is 2.42 bits per heavy atom. The molecule has 2 aliphatic rings. The van der Waals surface area contributed by atoms with Crippen molar-refractivity contribution in [2.24, 2.45) is 28.6 Å². The van der Waals surface area contributed by atoms with E-state index in [1.807, 2.05) is 14.2 Å². The zero-order valence-corrected chi connectivity index (χ0v) is 13.7. The average Bonchev–Trinajstić information content (AvgIpc) is 2.35. The molecular formula is C17H32O2.